The number of hydrogen-bond donors (Lipinski definition) is 2. The first-order valence-electron chi connectivity index (χ1n) is 7.52. The molecule has 2 aromatic rings. The standard InChI is InChI=1S/C18H22N2O3/c1-14-6-5-7-15(12-14)10-11-19-18(21)20-13-23-17-9-4-3-8-16(17)22-2/h3-9,12H,10-11,13H2,1-2H3,(H2,19,20,21). The Morgan fingerprint density at radius 3 is 2.57 bits per heavy atom. The number of carbonyl (C=O) groups excluding carboxylic acids is 1. The predicted octanol–water partition coefficient (Wildman–Crippen LogP) is 2.88. The summed E-state index contributed by atoms with van der Waals surface area (Å²) < 4.78 is 10.7. The third-order valence-corrected chi connectivity index (χ3v) is 3.31. The molecule has 2 aromatic carbocycles. The van der Waals surface area contributed by atoms with Gasteiger partial charge in [-0.2, -0.15) is 0 Å². The van der Waals surface area contributed by atoms with Crippen molar-refractivity contribution in [2.24, 2.45) is 0 Å². The van der Waals surface area contributed by atoms with E-state index < -0.39 is 0 Å². The molecule has 0 aromatic heterocycles. The van der Waals surface area contributed by atoms with Gasteiger partial charge in [-0.15, -0.1) is 0 Å². The molecule has 2 N–H and O–H groups in total. The van der Waals surface area contributed by atoms with E-state index in [0.29, 0.717) is 18.0 Å². The number of hydrogen-bond acceptors (Lipinski definition) is 3. The highest BCUT2D eigenvalue weighted by Gasteiger charge is 2.04. The molecule has 0 heterocycles. The van der Waals surface area contributed by atoms with Crippen LogP contribution in [0.5, 0.6) is 11.5 Å². The molecule has 122 valence electrons. The molecular weight excluding hydrogens is 292 g/mol. The molecule has 0 unspecified atom stereocenters. The largest absolute Gasteiger partial charge is 0.493 e. The van der Waals surface area contributed by atoms with Gasteiger partial charge < -0.3 is 20.1 Å². The van der Waals surface area contributed by atoms with Crippen molar-refractivity contribution in [2.75, 3.05) is 20.4 Å². The van der Waals surface area contributed by atoms with Gasteiger partial charge in [-0.1, -0.05) is 42.0 Å². The number of nitrogens with one attached hydrogen (secondary N) is 2. The second-order valence-corrected chi connectivity index (χ2v) is 5.11. The van der Waals surface area contributed by atoms with Crippen LogP contribution < -0.4 is 20.1 Å². The van der Waals surface area contributed by atoms with E-state index in [1.807, 2.05) is 18.2 Å². The number of para-hydroxylation sites is 2. The fourth-order valence-corrected chi connectivity index (χ4v) is 2.17. The molecule has 0 fully saturated rings. The molecule has 0 bridgehead atoms. The molecule has 0 atom stereocenters. The van der Waals surface area contributed by atoms with Gasteiger partial charge in [0.2, 0.25) is 0 Å². The van der Waals surface area contributed by atoms with Crippen LogP contribution in [-0.2, 0) is 6.42 Å². The Kier molecular flexibility index (Phi) is 6.29. The Balaban J connectivity index is 1.67. The van der Waals surface area contributed by atoms with Crippen molar-refractivity contribution in [1.29, 1.82) is 0 Å². The highest BCUT2D eigenvalue weighted by Crippen LogP contribution is 2.25. The van der Waals surface area contributed by atoms with Gasteiger partial charge >= 0.3 is 6.03 Å². The summed E-state index contributed by atoms with van der Waals surface area (Å²) in [5.74, 6) is 1.23. The van der Waals surface area contributed by atoms with Crippen molar-refractivity contribution in [1.82, 2.24) is 10.6 Å². The van der Waals surface area contributed by atoms with E-state index in [-0.39, 0.29) is 12.8 Å². The van der Waals surface area contributed by atoms with Crippen molar-refractivity contribution in [2.45, 2.75) is 13.3 Å². The molecule has 0 aliphatic heterocycles. The van der Waals surface area contributed by atoms with E-state index in [2.05, 4.69) is 35.8 Å². The lowest BCUT2D eigenvalue weighted by atomic mass is 10.1. The molecule has 2 amide bonds. The molecule has 0 saturated heterocycles. The monoisotopic (exact) mass is 314 g/mol. The Hall–Kier alpha value is -2.69. The maximum Gasteiger partial charge on any atom is 0.317 e. The van der Waals surface area contributed by atoms with Crippen LogP contribution in [0, 0.1) is 6.92 Å². The molecule has 0 spiro atoms. The van der Waals surface area contributed by atoms with Crippen LogP contribution >= 0.6 is 0 Å². The maximum atomic E-state index is 11.7. The van der Waals surface area contributed by atoms with E-state index in [1.54, 1.807) is 19.2 Å². The first-order valence-corrected chi connectivity index (χ1v) is 7.52. The second-order valence-electron chi connectivity index (χ2n) is 5.11. The Bertz CT molecular complexity index is 644. The summed E-state index contributed by atoms with van der Waals surface area (Å²) in [7, 11) is 1.58. The lowest BCUT2D eigenvalue weighted by Crippen LogP contribution is -2.38. The number of rotatable bonds is 7. The van der Waals surface area contributed by atoms with Gasteiger partial charge in [-0.3, -0.25) is 0 Å². The van der Waals surface area contributed by atoms with Crippen molar-refractivity contribution < 1.29 is 14.3 Å². The number of urea groups is 1. The van der Waals surface area contributed by atoms with Crippen LogP contribution in [0.2, 0.25) is 0 Å². The molecule has 2 rings (SSSR count). The van der Waals surface area contributed by atoms with Crippen LogP contribution in [0.3, 0.4) is 0 Å². The molecule has 0 aliphatic carbocycles. The zero-order valence-electron chi connectivity index (χ0n) is 13.5. The Morgan fingerprint density at radius 1 is 1.04 bits per heavy atom. The molecule has 0 saturated carbocycles. The third-order valence-electron chi connectivity index (χ3n) is 3.31. The second kappa shape index (κ2) is 8.68. The molecule has 0 aliphatic rings. The lowest BCUT2D eigenvalue weighted by molar-refractivity contribution is 0.221. The number of methoxy groups -OCH3 is 1. The van der Waals surface area contributed by atoms with Crippen molar-refractivity contribution in [3.8, 4) is 11.5 Å². The normalized spacial score (nSPS) is 10.0. The molecule has 23 heavy (non-hydrogen) atoms. The van der Waals surface area contributed by atoms with Crippen molar-refractivity contribution in [3.05, 3.63) is 59.7 Å². The number of benzene rings is 2. The van der Waals surface area contributed by atoms with Crippen LogP contribution in [0.1, 0.15) is 11.1 Å². The first-order chi connectivity index (χ1) is 11.2. The fraction of sp³-hybridized carbons (Fsp3) is 0.278. The number of ether oxygens (including phenoxy) is 2. The zero-order valence-corrected chi connectivity index (χ0v) is 13.5. The molecule has 5 heteroatoms. The zero-order chi connectivity index (χ0) is 16.5. The van der Waals surface area contributed by atoms with Crippen molar-refractivity contribution in [3.63, 3.8) is 0 Å². The fourth-order valence-electron chi connectivity index (χ4n) is 2.17. The highest BCUT2D eigenvalue weighted by molar-refractivity contribution is 5.73. The first kappa shape index (κ1) is 16.7. The average molecular weight is 314 g/mol. The third kappa shape index (κ3) is 5.54. The average Bonchev–Trinajstić information content (AvgIpc) is 2.55. The summed E-state index contributed by atoms with van der Waals surface area (Å²) in [5.41, 5.74) is 2.42. The molecular formula is C18H22N2O3. The summed E-state index contributed by atoms with van der Waals surface area (Å²) in [4.78, 5) is 11.7. The summed E-state index contributed by atoms with van der Waals surface area (Å²) >= 11 is 0. The highest BCUT2D eigenvalue weighted by atomic mass is 16.5. The number of carbonyl (C=O) groups is 1. The predicted molar refractivity (Wildman–Crippen MR) is 89.9 cm³/mol. The van der Waals surface area contributed by atoms with Gasteiger partial charge in [0.15, 0.2) is 18.2 Å². The van der Waals surface area contributed by atoms with Gasteiger partial charge in [-0.25, -0.2) is 4.79 Å². The van der Waals surface area contributed by atoms with Gasteiger partial charge in [0.25, 0.3) is 0 Å². The number of amides is 2. The van der Waals surface area contributed by atoms with Gasteiger partial charge in [0.05, 0.1) is 7.11 Å². The van der Waals surface area contributed by atoms with Crippen LogP contribution in [-0.4, -0.2) is 26.4 Å². The van der Waals surface area contributed by atoms with E-state index >= 15 is 0 Å². The van der Waals surface area contributed by atoms with Crippen LogP contribution in [0.25, 0.3) is 0 Å². The van der Waals surface area contributed by atoms with E-state index in [4.69, 9.17) is 9.47 Å². The van der Waals surface area contributed by atoms with Crippen LogP contribution in [0.15, 0.2) is 48.5 Å². The minimum Gasteiger partial charge on any atom is -0.493 e. The lowest BCUT2D eigenvalue weighted by Gasteiger charge is -2.11. The summed E-state index contributed by atoms with van der Waals surface area (Å²) in [6.45, 7) is 2.71. The smallest absolute Gasteiger partial charge is 0.317 e. The van der Waals surface area contributed by atoms with Crippen molar-refractivity contribution >= 4 is 6.03 Å². The summed E-state index contributed by atoms with van der Waals surface area (Å²) in [6.07, 6.45) is 0.794. The van der Waals surface area contributed by atoms with E-state index in [9.17, 15) is 4.79 Å². The topological polar surface area (TPSA) is 59.6 Å². The summed E-state index contributed by atoms with van der Waals surface area (Å²) in [5, 5.41) is 5.46. The minimum atomic E-state index is -0.257. The Labute approximate surface area is 136 Å². The maximum absolute atomic E-state index is 11.7. The minimum absolute atomic E-state index is 0.0800. The number of aryl methyl sites for hydroxylation is 1. The SMILES string of the molecule is COc1ccccc1OCNC(=O)NCCc1cccc(C)c1. The van der Waals surface area contributed by atoms with Gasteiger partial charge in [-0.05, 0) is 31.0 Å². The van der Waals surface area contributed by atoms with Crippen LogP contribution in [0.4, 0.5) is 4.79 Å². The quantitative estimate of drug-likeness (QED) is 0.773. The van der Waals surface area contributed by atoms with Gasteiger partial charge in [0.1, 0.15) is 0 Å². The Morgan fingerprint density at radius 2 is 1.83 bits per heavy atom. The van der Waals surface area contributed by atoms with Gasteiger partial charge in [0, 0.05) is 6.54 Å². The van der Waals surface area contributed by atoms with E-state index in [0.717, 1.165) is 6.42 Å². The van der Waals surface area contributed by atoms with E-state index in [1.165, 1.54) is 11.1 Å². The summed E-state index contributed by atoms with van der Waals surface area (Å²) in [6, 6.07) is 15.3. The molecule has 5 nitrogen and oxygen atoms in total. The molecule has 0 radical (unpaired) electrons.